The minimum atomic E-state index is -0.225. The number of nitrogens with zero attached hydrogens (tertiary/aromatic N) is 1. The number of nitrogens with one attached hydrogen (secondary N) is 1. The van der Waals surface area contributed by atoms with Crippen LogP contribution in [0.2, 0.25) is 0 Å². The zero-order chi connectivity index (χ0) is 14.4. The molecule has 21 heavy (non-hydrogen) atoms. The van der Waals surface area contributed by atoms with E-state index in [4.69, 9.17) is 0 Å². The van der Waals surface area contributed by atoms with Gasteiger partial charge < -0.3 is 9.88 Å². The molecular formula is C16H16N2O2S. The number of hydrogen-bond donors (Lipinski definition) is 1. The van der Waals surface area contributed by atoms with E-state index in [9.17, 15) is 9.59 Å². The predicted octanol–water partition coefficient (Wildman–Crippen LogP) is 2.59. The predicted molar refractivity (Wildman–Crippen MR) is 81.6 cm³/mol. The van der Waals surface area contributed by atoms with Crippen molar-refractivity contribution in [3.05, 3.63) is 56.1 Å². The van der Waals surface area contributed by atoms with E-state index in [1.54, 1.807) is 23.5 Å². The van der Waals surface area contributed by atoms with Gasteiger partial charge >= 0.3 is 0 Å². The molecule has 0 saturated heterocycles. The number of aromatic nitrogens is 1. The Morgan fingerprint density at radius 3 is 2.90 bits per heavy atom. The quantitative estimate of drug-likeness (QED) is 0.927. The number of H-pyrrole nitrogens is 1. The third-order valence-corrected chi connectivity index (χ3v) is 5.34. The lowest BCUT2D eigenvalue weighted by Gasteiger charge is -2.36. The minimum absolute atomic E-state index is 0.0542. The molecule has 1 N–H and O–H groups in total. The first-order valence-corrected chi connectivity index (χ1v) is 8.18. The van der Waals surface area contributed by atoms with Gasteiger partial charge in [-0.15, -0.1) is 11.3 Å². The van der Waals surface area contributed by atoms with Crippen molar-refractivity contribution in [1.29, 1.82) is 0 Å². The van der Waals surface area contributed by atoms with Crippen LogP contribution in [0.15, 0.2) is 34.4 Å². The highest BCUT2D eigenvalue weighted by Gasteiger charge is 2.42. The summed E-state index contributed by atoms with van der Waals surface area (Å²) in [4.78, 5) is 30.3. The molecule has 5 heteroatoms. The highest BCUT2D eigenvalue weighted by Crippen LogP contribution is 2.48. The van der Waals surface area contributed by atoms with Gasteiger partial charge in [0.15, 0.2) is 0 Å². The second-order valence-electron chi connectivity index (χ2n) is 5.76. The van der Waals surface area contributed by atoms with Crippen LogP contribution in [0.4, 0.5) is 0 Å². The lowest BCUT2D eigenvalue weighted by atomic mass is 9.95. The molecule has 1 saturated carbocycles. The van der Waals surface area contributed by atoms with Crippen molar-refractivity contribution in [1.82, 2.24) is 9.88 Å². The average Bonchev–Trinajstić information content (AvgIpc) is 3.22. The summed E-state index contributed by atoms with van der Waals surface area (Å²) in [6.45, 7) is 0.741. The van der Waals surface area contributed by atoms with Crippen molar-refractivity contribution in [2.24, 2.45) is 5.92 Å². The molecule has 4 nitrogen and oxygen atoms in total. The Bertz CT molecular complexity index is 744. The van der Waals surface area contributed by atoms with Crippen LogP contribution in [0.25, 0.3) is 0 Å². The maximum atomic E-state index is 12.8. The number of fused-ring (bicyclic) bond motifs is 1. The highest BCUT2D eigenvalue weighted by atomic mass is 32.1. The lowest BCUT2D eigenvalue weighted by molar-refractivity contribution is 0.0630. The first kappa shape index (κ1) is 12.8. The van der Waals surface area contributed by atoms with Crippen LogP contribution in [-0.2, 0) is 6.42 Å². The number of rotatable bonds is 2. The zero-order valence-corrected chi connectivity index (χ0v) is 12.4. The standard InChI is InChI=1S/C16H16N2O2S/c19-14-3-1-2-12(17-14)16(20)18-8-6-13-11(7-9-21-13)15(18)10-4-5-10/h1-3,7,9-10,15H,4-6,8H2,(H,17,19). The van der Waals surface area contributed by atoms with Gasteiger partial charge in [-0.2, -0.15) is 0 Å². The van der Waals surface area contributed by atoms with Gasteiger partial charge in [0.25, 0.3) is 5.91 Å². The molecule has 0 radical (unpaired) electrons. The fourth-order valence-corrected chi connectivity index (χ4v) is 4.13. The molecule has 1 fully saturated rings. The third kappa shape index (κ3) is 2.21. The molecular weight excluding hydrogens is 284 g/mol. The molecule has 0 bridgehead atoms. The van der Waals surface area contributed by atoms with E-state index in [1.165, 1.54) is 29.3 Å². The summed E-state index contributed by atoms with van der Waals surface area (Å²) in [6, 6.07) is 7.12. The van der Waals surface area contributed by atoms with Crippen molar-refractivity contribution in [2.45, 2.75) is 25.3 Å². The number of pyridine rings is 1. The van der Waals surface area contributed by atoms with E-state index < -0.39 is 0 Å². The molecule has 2 aromatic rings. The molecule has 1 amide bonds. The molecule has 1 atom stereocenters. The molecule has 0 aromatic carbocycles. The van der Waals surface area contributed by atoms with Gasteiger partial charge in [0.05, 0.1) is 6.04 Å². The van der Waals surface area contributed by atoms with Crippen molar-refractivity contribution in [2.75, 3.05) is 6.54 Å². The van der Waals surface area contributed by atoms with Crippen LogP contribution in [0, 0.1) is 5.92 Å². The lowest BCUT2D eigenvalue weighted by Crippen LogP contribution is -2.41. The summed E-state index contributed by atoms with van der Waals surface area (Å²) in [5.41, 5.74) is 1.49. The fraction of sp³-hybridized carbons (Fsp3) is 0.375. The molecule has 2 aromatic heterocycles. The monoisotopic (exact) mass is 300 g/mol. The normalized spacial score (nSPS) is 21.1. The molecule has 1 unspecified atom stereocenters. The first-order chi connectivity index (χ1) is 10.2. The van der Waals surface area contributed by atoms with Crippen LogP contribution in [0.3, 0.4) is 0 Å². The smallest absolute Gasteiger partial charge is 0.270 e. The number of aromatic amines is 1. The van der Waals surface area contributed by atoms with E-state index in [-0.39, 0.29) is 17.5 Å². The summed E-state index contributed by atoms with van der Waals surface area (Å²) in [5.74, 6) is 0.527. The Balaban J connectivity index is 1.71. The van der Waals surface area contributed by atoms with Crippen LogP contribution < -0.4 is 5.56 Å². The number of carbonyl (C=O) groups excluding carboxylic acids is 1. The molecule has 1 aliphatic carbocycles. The van der Waals surface area contributed by atoms with Gasteiger partial charge in [0.1, 0.15) is 5.69 Å². The molecule has 4 rings (SSSR count). The maximum absolute atomic E-state index is 12.8. The van der Waals surface area contributed by atoms with E-state index in [1.807, 2.05) is 4.90 Å². The largest absolute Gasteiger partial charge is 0.330 e. The van der Waals surface area contributed by atoms with Gasteiger partial charge in [-0.25, -0.2) is 0 Å². The van der Waals surface area contributed by atoms with Gasteiger partial charge in [-0.05, 0) is 48.3 Å². The Morgan fingerprint density at radius 1 is 1.29 bits per heavy atom. The van der Waals surface area contributed by atoms with Crippen molar-refractivity contribution in [3.63, 3.8) is 0 Å². The Hall–Kier alpha value is -1.88. The number of thiophene rings is 1. The minimum Gasteiger partial charge on any atom is -0.330 e. The summed E-state index contributed by atoms with van der Waals surface area (Å²) in [5, 5.41) is 2.12. The van der Waals surface area contributed by atoms with E-state index in [0.29, 0.717) is 11.6 Å². The number of carbonyl (C=O) groups is 1. The second kappa shape index (κ2) is 4.84. The summed E-state index contributed by atoms with van der Waals surface area (Å²) in [7, 11) is 0. The molecule has 108 valence electrons. The average molecular weight is 300 g/mol. The Morgan fingerprint density at radius 2 is 2.14 bits per heavy atom. The summed E-state index contributed by atoms with van der Waals surface area (Å²) >= 11 is 1.79. The van der Waals surface area contributed by atoms with Gasteiger partial charge in [0, 0.05) is 17.5 Å². The molecule has 0 spiro atoms. The topological polar surface area (TPSA) is 53.2 Å². The van der Waals surface area contributed by atoms with Crippen molar-refractivity contribution < 1.29 is 4.79 Å². The van der Waals surface area contributed by atoms with E-state index in [2.05, 4.69) is 16.4 Å². The summed E-state index contributed by atoms with van der Waals surface area (Å²) in [6.07, 6.45) is 3.29. The summed E-state index contributed by atoms with van der Waals surface area (Å²) < 4.78 is 0. The van der Waals surface area contributed by atoms with Crippen LogP contribution >= 0.6 is 11.3 Å². The number of amides is 1. The van der Waals surface area contributed by atoms with E-state index in [0.717, 1.165) is 13.0 Å². The maximum Gasteiger partial charge on any atom is 0.270 e. The van der Waals surface area contributed by atoms with Gasteiger partial charge in [-0.1, -0.05) is 6.07 Å². The molecule has 3 heterocycles. The number of hydrogen-bond acceptors (Lipinski definition) is 3. The van der Waals surface area contributed by atoms with Crippen molar-refractivity contribution in [3.8, 4) is 0 Å². The van der Waals surface area contributed by atoms with Crippen LogP contribution in [0.1, 0.15) is 39.8 Å². The van der Waals surface area contributed by atoms with Gasteiger partial charge in [0.2, 0.25) is 5.56 Å². The molecule has 1 aliphatic heterocycles. The van der Waals surface area contributed by atoms with Crippen molar-refractivity contribution >= 4 is 17.2 Å². The third-order valence-electron chi connectivity index (χ3n) is 4.34. The van der Waals surface area contributed by atoms with E-state index >= 15 is 0 Å². The highest BCUT2D eigenvalue weighted by molar-refractivity contribution is 7.10. The van der Waals surface area contributed by atoms with Gasteiger partial charge in [-0.3, -0.25) is 9.59 Å². The van der Waals surface area contributed by atoms with Crippen LogP contribution in [-0.4, -0.2) is 22.3 Å². The SMILES string of the molecule is O=C(c1cccc(=O)[nH]1)N1CCc2sccc2C1C1CC1. The zero-order valence-electron chi connectivity index (χ0n) is 11.5. The Labute approximate surface area is 126 Å². The van der Waals surface area contributed by atoms with Crippen LogP contribution in [0.5, 0.6) is 0 Å². The fourth-order valence-electron chi connectivity index (χ4n) is 3.22. The first-order valence-electron chi connectivity index (χ1n) is 7.30. The Kier molecular flexibility index (Phi) is 2.96. The molecule has 2 aliphatic rings. The second-order valence-corrected chi connectivity index (χ2v) is 6.76.